The van der Waals surface area contributed by atoms with Crippen molar-refractivity contribution >= 4 is 35.5 Å². The number of nitrogens with zero attached hydrogens (tertiary/aromatic N) is 3. The van der Waals surface area contributed by atoms with Gasteiger partial charge in [-0.15, -0.1) is 23.5 Å². The highest BCUT2D eigenvalue weighted by Gasteiger charge is 2.37. The number of carbonyl (C=O) groups is 2. The average Bonchev–Trinajstić information content (AvgIpc) is 2.75. The second-order valence-electron chi connectivity index (χ2n) is 8.38. The van der Waals surface area contributed by atoms with Crippen molar-refractivity contribution in [1.29, 1.82) is 0 Å². The van der Waals surface area contributed by atoms with E-state index in [2.05, 4.69) is 0 Å². The number of hydrogen-bond donors (Lipinski definition) is 3. The molecule has 13 nitrogen and oxygen atoms in total. The van der Waals surface area contributed by atoms with Crippen molar-refractivity contribution in [1.82, 2.24) is 13.7 Å². The lowest BCUT2D eigenvalue weighted by atomic mass is 10.2. The number of hydrogen-bond acceptors (Lipinski definition) is 10. The van der Waals surface area contributed by atoms with Crippen molar-refractivity contribution in [3.05, 3.63) is 31.5 Å². The minimum Gasteiger partial charge on any atom is -0.480 e. The number of aliphatic carboxylic acids is 2. The Balaban J connectivity index is 3.07. The van der Waals surface area contributed by atoms with Gasteiger partial charge in [0.2, 0.25) is 0 Å². The third-order valence-electron chi connectivity index (χ3n) is 4.46. The predicted molar refractivity (Wildman–Crippen MR) is 133 cm³/mol. The van der Waals surface area contributed by atoms with Gasteiger partial charge in [-0.25, -0.2) is 28.1 Å². The maximum absolute atomic E-state index is 12.8. The van der Waals surface area contributed by atoms with Gasteiger partial charge in [-0.1, -0.05) is 20.8 Å². The van der Waals surface area contributed by atoms with E-state index in [1.165, 1.54) is 7.11 Å². The number of carboxylic acid groups (broad SMARTS) is 2. The van der Waals surface area contributed by atoms with Gasteiger partial charge in [0.1, 0.15) is 17.3 Å². The Bertz CT molecular complexity index is 1030. The van der Waals surface area contributed by atoms with Gasteiger partial charge in [0.05, 0.1) is 13.2 Å². The Morgan fingerprint density at radius 3 is 1.91 bits per heavy atom. The molecule has 0 aliphatic heterocycles. The smallest absolute Gasteiger partial charge is 0.336 e. The molecule has 2 atom stereocenters. The van der Waals surface area contributed by atoms with Crippen LogP contribution < -0.4 is 22.8 Å². The molecule has 0 bridgehead atoms. The van der Waals surface area contributed by atoms with Crippen LogP contribution in [0.2, 0.25) is 0 Å². The molecule has 0 amide bonds. The fraction of sp³-hybridized carbons (Fsp3) is 0.750. The number of nitrogens with two attached hydrogens (primary N) is 1. The number of ether oxygens (including phenoxy) is 2. The number of rotatable bonds is 16. The van der Waals surface area contributed by atoms with Gasteiger partial charge in [-0.2, -0.15) is 0 Å². The summed E-state index contributed by atoms with van der Waals surface area (Å²) < 4.78 is 12.1. The fourth-order valence-electron chi connectivity index (χ4n) is 3.03. The molecule has 35 heavy (non-hydrogen) atoms. The summed E-state index contributed by atoms with van der Waals surface area (Å²) >= 11 is 1.98. The van der Waals surface area contributed by atoms with Gasteiger partial charge >= 0.3 is 29.0 Å². The summed E-state index contributed by atoms with van der Waals surface area (Å²) in [5, 5.41) is 16.7. The molecule has 0 saturated carbocycles. The van der Waals surface area contributed by atoms with Gasteiger partial charge in [0.25, 0.3) is 0 Å². The van der Waals surface area contributed by atoms with Crippen molar-refractivity contribution < 1.29 is 29.3 Å². The summed E-state index contributed by atoms with van der Waals surface area (Å²) in [6.07, 6.45) is 0.192. The first-order valence-corrected chi connectivity index (χ1v) is 12.7. The molecule has 1 heterocycles. The zero-order valence-corrected chi connectivity index (χ0v) is 21.9. The molecule has 0 aliphatic carbocycles. The van der Waals surface area contributed by atoms with E-state index >= 15 is 0 Å². The summed E-state index contributed by atoms with van der Waals surface area (Å²) in [5.41, 5.74) is 3.08. The quantitative estimate of drug-likeness (QED) is 0.178. The normalized spacial score (nSPS) is 13.5. The number of carboxylic acids is 2. The molecule has 0 aliphatic rings. The van der Waals surface area contributed by atoms with E-state index in [4.69, 9.17) is 15.2 Å². The Hall–Kier alpha value is -2.07. The van der Waals surface area contributed by atoms with E-state index in [0.29, 0.717) is 0 Å². The van der Waals surface area contributed by atoms with Crippen LogP contribution in [0.25, 0.3) is 0 Å². The lowest BCUT2D eigenvalue weighted by Gasteiger charge is -2.26. The maximum Gasteiger partial charge on any atom is 0.336 e. The molecule has 0 radical (unpaired) electrons. The molecular formula is C20H34N4O9S2. The van der Waals surface area contributed by atoms with Crippen molar-refractivity contribution in [2.45, 2.75) is 62.1 Å². The average molecular weight is 539 g/mol. The number of thioether (sulfide) groups is 2. The Morgan fingerprint density at radius 1 is 0.943 bits per heavy atom. The zero-order chi connectivity index (χ0) is 26.8. The topological polar surface area (TPSA) is 185 Å². The van der Waals surface area contributed by atoms with Crippen LogP contribution in [0, 0.1) is 0 Å². The summed E-state index contributed by atoms with van der Waals surface area (Å²) in [6, 6.07) is 0. The SMILES string of the molecule is COCOCCn1c(=O)n(CCN)c(=O)n(CCCSC(C(=O)O)C(SC(C)(C)C)C(=O)O)c1=O. The van der Waals surface area contributed by atoms with Crippen LogP contribution >= 0.6 is 23.5 Å². The largest absolute Gasteiger partial charge is 0.480 e. The zero-order valence-electron chi connectivity index (χ0n) is 20.3. The summed E-state index contributed by atoms with van der Waals surface area (Å²) in [4.78, 5) is 61.7. The van der Waals surface area contributed by atoms with Crippen LogP contribution in [0.1, 0.15) is 27.2 Å². The molecule has 1 aromatic heterocycles. The van der Waals surface area contributed by atoms with Gasteiger partial charge in [-0.05, 0) is 12.2 Å². The Labute approximate surface area is 210 Å². The highest BCUT2D eigenvalue weighted by molar-refractivity contribution is 8.05. The van der Waals surface area contributed by atoms with Crippen LogP contribution in [0.3, 0.4) is 0 Å². The molecule has 200 valence electrons. The van der Waals surface area contributed by atoms with Gasteiger partial charge < -0.3 is 25.4 Å². The lowest BCUT2D eigenvalue weighted by Crippen LogP contribution is -2.55. The third kappa shape index (κ3) is 9.48. The molecule has 1 rings (SSSR count). The van der Waals surface area contributed by atoms with Gasteiger partial charge in [-0.3, -0.25) is 9.59 Å². The molecule has 15 heteroatoms. The lowest BCUT2D eigenvalue weighted by molar-refractivity contribution is -0.142. The molecule has 0 saturated heterocycles. The number of aromatic nitrogens is 3. The van der Waals surface area contributed by atoms with Crippen molar-refractivity contribution in [3.63, 3.8) is 0 Å². The summed E-state index contributed by atoms with van der Waals surface area (Å²) in [6.45, 7) is 5.08. The molecule has 0 fully saturated rings. The van der Waals surface area contributed by atoms with E-state index in [1.807, 2.05) is 0 Å². The highest BCUT2D eigenvalue weighted by atomic mass is 32.2. The van der Waals surface area contributed by atoms with Crippen LogP contribution in [-0.4, -0.2) is 83.9 Å². The summed E-state index contributed by atoms with van der Waals surface area (Å²) in [5.74, 6) is -2.32. The standard InChI is InChI=1S/C20H34N4O9S2/c1-20(2,3)35-14(16(27)28)13(15(25)26)34-11-5-7-22-17(29)23(8-6-21)19(31)24(18(22)30)9-10-33-12-32-4/h13-14H,5-12,21H2,1-4H3,(H,25,26)(H,27,28). The van der Waals surface area contributed by atoms with Crippen LogP contribution in [0.15, 0.2) is 14.4 Å². The van der Waals surface area contributed by atoms with E-state index in [9.17, 15) is 34.2 Å². The van der Waals surface area contributed by atoms with E-state index in [-0.39, 0.29) is 51.8 Å². The molecule has 2 unspecified atom stereocenters. The predicted octanol–water partition coefficient (Wildman–Crippen LogP) is -0.688. The second kappa shape index (κ2) is 14.5. The Morgan fingerprint density at radius 2 is 1.46 bits per heavy atom. The molecular weight excluding hydrogens is 504 g/mol. The first-order valence-electron chi connectivity index (χ1n) is 10.8. The molecule has 1 aromatic rings. The number of methoxy groups -OCH3 is 1. The van der Waals surface area contributed by atoms with Crippen LogP contribution in [-0.2, 0) is 38.7 Å². The monoisotopic (exact) mass is 538 g/mol. The molecule has 0 aromatic carbocycles. The minimum atomic E-state index is -1.26. The second-order valence-corrected chi connectivity index (χ2v) is 11.6. The first-order chi connectivity index (χ1) is 16.4. The fourth-order valence-corrected chi connectivity index (χ4v) is 5.52. The van der Waals surface area contributed by atoms with E-state index in [0.717, 1.165) is 37.2 Å². The van der Waals surface area contributed by atoms with Gasteiger partial charge in [0, 0.05) is 31.5 Å². The highest BCUT2D eigenvalue weighted by Crippen LogP contribution is 2.34. The van der Waals surface area contributed by atoms with E-state index < -0.39 is 44.3 Å². The van der Waals surface area contributed by atoms with Crippen LogP contribution in [0.5, 0.6) is 0 Å². The van der Waals surface area contributed by atoms with Crippen molar-refractivity contribution in [2.24, 2.45) is 5.73 Å². The summed E-state index contributed by atoms with van der Waals surface area (Å²) in [7, 11) is 1.42. The maximum atomic E-state index is 12.8. The molecule has 0 spiro atoms. The van der Waals surface area contributed by atoms with Crippen molar-refractivity contribution in [3.8, 4) is 0 Å². The molecule has 4 N–H and O–H groups in total. The van der Waals surface area contributed by atoms with Crippen LogP contribution in [0.4, 0.5) is 0 Å². The van der Waals surface area contributed by atoms with Crippen molar-refractivity contribution in [2.75, 3.05) is 32.8 Å². The van der Waals surface area contributed by atoms with Gasteiger partial charge in [0.15, 0.2) is 0 Å². The van der Waals surface area contributed by atoms with E-state index in [1.54, 1.807) is 20.8 Å². The third-order valence-corrected chi connectivity index (χ3v) is 7.43. The first kappa shape index (κ1) is 31.0. The minimum absolute atomic E-state index is 0.00196. The Kier molecular flexibility index (Phi) is 12.8.